The number of carbonyl (C=O) groups is 1. The second kappa shape index (κ2) is 5.54. The summed E-state index contributed by atoms with van der Waals surface area (Å²) in [5.41, 5.74) is 2.95. The third-order valence-corrected chi connectivity index (χ3v) is 5.00. The molecule has 1 amide bonds. The van der Waals surface area contributed by atoms with Crippen molar-refractivity contribution in [2.24, 2.45) is 0 Å². The van der Waals surface area contributed by atoms with Gasteiger partial charge in [0.05, 0.1) is 6.26 Å². The van der Waals surface area contributed by atoms with Gasteiger partial charge in [-0.25, -0.2) is 8.42 Å². The van der Waals surface area contributed by atoms with Crippen LogP contribution in [0.4, 0.5) is 5.69 Å². The van der Waals surface area contributed by atoms with Crippen LogP contribution in [0.1, 0.15) is 24.0 Å². The average Bonchev–Trinajstić information content (AvgIpc) is 2.83. The Morgan fingerprint density at radius 2 is 2.00 bits per heavy atom. The van der Waals surface area contributed by atoms with E-state index in [-0.39, 0.29) is 5.91 Å². The fourth-order valence-electron chi connectivity index (χ4n) is 2.44. The van der Waals surface area contributed by atoms with Crippen molar-refractivity contribution < 1.29 is 13.2 Å². The third-order valence-electron chi connectivity index (χ3n) is 3.71. The largest absolute Gasteiger partial charge is 0.325 e. The summed E-state index contributed by atoms with van der Waals surface area (Å²) in [5.74, 6) is -0.254. The lowest BCUT2D eigenvalue weighted by Crippen LogP contribution is -2.42. The second-order valence-electron chi connectivity index (χ2n) is 5.32. The summed E-state index contributed by atoms with van der Waals surface area (Å²) in [4.78, 5) is 12.3. The Balaban J connectivity index is 2.13. The Morgan fingerprint density at radius 1 is 1.30 bits per heavy atom. The third kappa shape index (κ3) is 3.19. The fourth-order valence-corrected chi connectivity index (χ4v) is 3.57. The number of aryl methyl sites for hydroxylation is 2. The molecule has 1 atom stereocenters. The Morgan fingerprint density at radius 3 is 2.60 bits per heavy atom. The molecule has 0 spiro atoms. The van der Waals surface area contributed by atoms with E-state index in [0.717, 1.165) is 23.8 Å². The summed E-state index contributed by atoms with van der Waals surface area (Å²) < 4.78 is 24.6. The summed E-state index contributed by atoms with van der Waals surface area (Å²) in [7, 11) is -3.33. The van der Waals surface area contributed by atoms with Crippen molar-refractivity contribution >= 4 is 21.6 Å². The normalized spacial score (nSPS) is 20.1. The maximum absolute atomic E-state index is 12.3. The van der Waals surface area contributed by atoms with Crippen molar-refractivity contribution in [1.29, 1.82) is 0 Å². The zero-order chi connectivity index (χ0) is 14.9. The summed E-state index contributed by atoms with van der Waals surface area (Å²) in [6.07, 6.45) is 2.44. The van der Waals surface area contributed by atoms with Gasteiger partial charge >= 0.3 is 0 Å². The minimum atomic E-state index is -3.33. The van der Waals surface area contributed by atoms with Crippen LogP contribution in [0.2, 0.25) is 0 Å². The standard InChI is InChI=1S/C14H20N2O3S/c1-10-6-7-12(9-11(10)2)15-14(17)13-5-4-8-16(13)20(3,18)19/h6-7,9,13H,4-5,8H2,1-3H3,(H,15,17)/t13-/m1/s1. The first-order valence-corrected chi connectivity index (χ1v) is 8.49. The lowest BCUT2D eigenvalue weighted by atomic mass is 10.1. The molecule has 0 saturated carbocycles. The van der Waals surface area contributed by atoms with Gasteiger partial charge in [0.25, 0.3) is 0 Å². The molecule has 0 aromatic heterocycles. The predicted octanol–water partition coefficient (Wildman–Crippen LogP) is 1.67. The molecule has 5 nitrogen and oxygen atoms in total. The van der Waals surface area contributed by atoms with E-state index in [2.05, 4.69) is 5.32 Å². The van der Waals surface area contributed by atoms with E-state index in [9.17, 15) is 13.2 Å². The van der Waals surface area contributed by atoms with Gasteiger partial charge in [0.2, 0.25) is 15.9 Å². The summed E-state index contributed by atoms with van der Waals surface area (Å²) >= 11 is 0. The highest BCUT2D eigenvalue weighted by Crippen LogP contribution is 2.22. The first-order valence-electron chi connectivity index (χ1n) is 6.64. The van der Waals surface area contributed by atoms with Crippen molar-refractivity contribution in [3.05, 3.63) is 29.3 Å². The van der Waals surface area contributed by atoms with Crippen LogP contribution in [0.15, 0.2) is 18.2 Å². The maximum Gasteiger partial charge on any atom is 0.242 e. The van der Waals surface area contributed by atoms with Crippen LogP contribution in [0, 0.1) is 13.8 Å². The number of rotatable bonds is 3. The van der Waals surface area contributed by atoms with E-state index in [4.69, 9.17) is 0 Å². The van der Waals surface area contributed by atoms with E-state index in [1.54, 1.807) is 0 Å². The van der Waals surface area contributed by atoms with Crippen LogP contribution in [-0.2, 0) is 14.8 Å². The number of sulfonamides is 1. The number of nitrogens with one attached hydrogen (secondary N) is 1. The van der Waals surface area contributed by atoms with Crippen molar-refractivity contribution in [2.45, 2.75) is 32.7 Å². The van der Waals surface area contributed by atoms with Crippen molar-refractivity contribution in [3.8, 4) is 0 Å². The van der Waals surface area contributed by atoms with Crippen LogP contribution in [0.3, 0.4) is 0 Å². The highest BCUT2D eigenvalue weighted by molar-refractivity contribution is 7.88. The van der Waals surface area contributed by atoms with Gasteiger partial charge in [-0.2, -0.15) is 4.31 Å². The molecule has 1 aliphatic rings. The molecule has 0 bridgehead atoms. The zero-order valence-electron chi connectivity index (χ0n) is 12.0. The van der Waals surface area contributed by atoms with Gasteiger partial charge in [0.15, 0.2) is 0 Å². The molecular formula is C14H20N2O3S. The predicted molar refractivity (Wildman–Crippen MR) is 79.1 cm³/mol. The van der Waals surface area contributed by atoms with E-state index < -0.39 is 16.1 Å². The number of nitrogens with zero attached hydrogens (tertiary/aromatic N) is 1. The van der Waals surface area contributed by atoms with Gasteiger partial charge in [-0.05, 0) is 49.9 Å². The summed E-state index contributed by atoms with van der Waals surface area (Å²) in [6, 6.07) is 5.08. The first kappa shape index (κ1) is 15.0. The molecule has 1 aliphatic heterocycles. The van der Waals surface area contributed by atoms with Gasteiger partial charge in [0, 0.05) is 12.2 Å². The molecule has 1 fully saturated rings. The molecule has 1 saturated heterocycles. The Bertz CT molecular complexity index is 625. The quantitative estimate of drug-likeness (QED) is 0.922. The Labute approximate surface area is 120 Å². The molecule has 6 heteroatoms. The molecule has 2 rings (SSSR count). The lowest BCUT2D eigenvalue weighted by molar-refractivity contribution is -0.119. The molecule has 0 unspecified atom stereocenters. The topological polar surface area (TPSA) is 66.5 Å². The van der Waals surface area contributed by atoms with Gasteiger partial charge in [-0.1, -0.05) is 6.07 Å². The minimum Gasteiger partial charge on any atom is -0.325 e. The molecule has 110 valence electrons. The van der Waals surface area contributed by atoms with Crippen LogP contribution in [0.25, 0.3) is 0 Å². The van der Waals surface area contributed by atoms with Gasteiger partial charge in [-0.3, -0.25) is 4.79 Å². The average molecular weight is 296 g/mol. The number of benzene rings is 1. The lowest BCUT2D eigenvalue weighted by Gasteiger charge is -2.21. The fraction of sp³-hybridized carbons (Fsp3) is 0.500. The zero-order valence-corrected chi connectivity index (χ0v) is 12.8. The molecule has 1 N–H and O–H groups in total. The number of hydrogen-bond acceptors (Lipinski definition) is 3. The van der Waals surface area contributed by atoms with Crippen molar-refractivity contribution in [3.63, 3.8) is 0 Å². The minimum absolute atomic E-state index is 0.254. The van der Waals surface area contributed by atoms with E-state index in [1.807, 2.05) is 32.0 Å². The van der Waals surface area contributed by atoms with Crippen LogP contribution in [-0.4, -0.2) is 37.5 Å². The van der Waals surface area contributed by atoms with Crippen LogP contribution < -0.4 is 5.32 Å². The SMILES string of the molecule is Cc1ccc(NC(=O)[C@H]2CCCN2S(C)(=O)=O)cc1C. The van der Waals surface area contributed by atoms with E-state index >= 15 is 0 Å². The Kier molecular flexibility index (Phi) is 4.15. The molecule has 1 aromatic carbocycles. The maximum atomic E-state index is 12.3. The van der Waals surface area contributed by atoms with E-state index in [0.29, 0.717) is 18.7 Å². The summed E-state index contributed by atoms with van der Waals surface area (Å²) in [6.45, 7) is 4.40. The molecule has 0 aliphatic carbocycles. The number of amides is 1. The molecular weight excluding hydrogens is 276 g/mol. The first-order chi connectivity index (χ1) is 9.29. The van der Waals surface area contributed by atoms with Gasteiger partial charge < -0.3 is 5.32 Å². The summed E-state index contributed by atoms with van der Waals surface area (Å²) in [5, 5.41) is 2.81. The van der Waals surface area contributed by atoms with Gasteiger partial charge in [0.1, 0.15) is 6.04 Å². The second-order valence-corrected chi connectivity index (χ2v) is 7.26. The number of anilines is 1. The molecule has 1 aromatic rings. The van der Waals surface area contributed by atoms with Crippen LogP contribution >= 0.6 is 0 Å². The van der Waals surface area contributed by atoms with Crippen molar-refractivity contribution in [1.82, 2.24) is 4.31 Å². The monoisotopic (exact) mass is 296 g/mol. The number of hydrogen-bond donors (Lipinski definition) is 1. The highest BCUT2D eigenvalue weighted by atomic mass is 32.2. The smallest absolute Gasteiger partial charge is 0.242 e. The van der Waals surface area contributed by atoms with E-state index in [1.165, 1.54) is 4.31 Å². The van der Waals surface area contributed by atoms with Crippen molar-refractivity contribution in [2.75, 3.05) is 18.1 Å². The Hall–Kier alpha value is -1.40. The molecule has 0 radical (unpaired) electrons. The highest BCUT2D eigenvalue weighted by Gasteiger charge is 2.36. The molecule has 20 heavy (non-hydrogen) atoms. The van der Waals surface area contributed by atoms with Gasteiger partial charge in [-0.15, -0.1) is 0 Å². The molecule has 1 heterocycles. The van der Waals surface area contributed by atoms with Crippen LogP contribution in [0.5, 0.6) is 0 Å². The number of carbonyl (C=O) groups excluding carboxylic acids is 1.